The summed E-state index contributed by atoms with van der Waals surface area (Å²) in [7, 11) is 0. The normalized spacial score (nSPS) is 20.1. The number of halogens is 1. The second kappa shape index (κ2) is 7.91. The number of aromatic nitrogens is 1. The van der Waals surface area contributed by atoms with E-state index in [0.29, 0.717) is 12.1 Å². The summed E-state index contributed by atoms with van der Waals surface area (Å²) in [6.07, 6.45) is 1.22. The van der Waals surface area contributed by atoms with E-state index in [-0.39, 0.29) is 30.0 Å². The number of likely N-dealkylation sites (tertiary alicyclic amines) is 1. The van der Waals surface area contributed by atoms with Crippen LogP contribution in [0.3, 0.4) is 0 Å². The molecule has 1 atom stereocenters. The van der Waals surface area contributed by atoms with Gasteiger partial charge < -0.3 is 19.7 Å². The van der Waals surface area contributed by atoms with Crippen molar-refractivity contribution in [2.75, 3.05) is 26.2 Å². The van der Waals surface area contributed by atoms with Crippen molar-refractivity contribution in [3.63, 3.8) is 0 Å². The van der Waals surface area contributed by atoms with Crippen LogP contribution in [0, 0.1) is 5.82 Å². The quantitative estimate of drug-likeness (QED) is 0.831. The van der Waals surface area contributed by atoms with Crippen molar-refractivity contribution in [3.8, 4) is 5.75 Å². The van der Waals surface area contributed by atoms with E-state index in [9.17, 15) is 14.0 Å². The minimum atomic E-state index is -0.518. The first-order chi connectivity index (χ1) is 14.2. The van der Waals surface area contributed by atoms with Crippen molar-refractivity contribution >= 4 is 17.0 Å². The fourth-order valence-corrected chi connectivity index (χ4v) is 4.22. The van der Waals surface area contributed by atoms with Crippen LogP contribution in [0.1, 0.15) is 39.7 Å². The maximum Gasteiger partial charge on any atom is 0.407 e. The molecule has 2 aromatic rings. The molecule has 0 radical (unpaired) electrons. The largest absolute Gasteiger partial charge is 0.486 e. The van der Waals surface area contributed by atoms with Gasteiger partial charge in [0.05, 0.1) is 11.6 Å². The molecule has 4 rings (SSSR count). The highest BCUT2D eigenvalue weighted by molar-refractivity contribution is 5.85. The van der Waals surface area contributed by atoms with E-state index in [1.807, 2.05) is 20.8 Å². The summed E-state index contributed by atoms with van der Waals surface area (Å²) in [4.78, 5) is 26.8. The van der Waals surface area contributed by atoms with Crippen LogP contribution in [0.15, 0.2) is 29.1 Å². The average molecular weight is 417 g/mol. The Labute approximate surface area is 174 Å². The molecule has 8 heteroatoms. The van der Waals surface area contributed by atoms with Gasteiger partial charge in [-0.15, -0.1) is 0 Å². The summed E-state index contributed by atoms with van der Waals surface area (Å²) in [5.41, 5.74) is -0.139. The highest BCUT2D eigenvalue weighted by Gasteiger charge is 2.30. The number of amides is 1. The molecule has 3 heterocycles. The summed E-state index contributed by atoms with van der Waals surface area (Å²) in [5, 5.41) is 3.72. The second-order valence-electron chi connectivity index (χ2n) is 9.04. The Morgan fingerprint density at radius 1 is 1.23 bits per heavy atom. The molecule has 1 saturated heterocycles. The predicted molar refractivity (Wildman–Crippen MR) is 112 cm³/mol. The number of carbonyl (C=O) groups excluding carboxylic acids is 1. The van der Waals surface area contributed by atoms with Gasteiger partial charge in [-0.05, 0) is 51.8 Å². The van der Waals surface area contributed by atoms with Crippen molar-refractivity contribution in [3.05, 3.63) is 40.4 Å². The molecule has 7 nitrogen and oxygen atoms in total. The van der Waals surface area contributed by atoms with Gasteiger partial charge in [-0.1, -0.05) is 0 Å². The van der Waals surface area contributed by atoms with Gasteiger partial charge in [0.2, 0.25) is 0 Å². The molecule has 0 saturated carbocycles. The molecule has 1 aromatic heterocycles. The lowest BCUT2D eigenvalue weighted by Gasteiger charge is -2.36. The van der Waals surface area contributed by atoms with Gasteiger partial charge in [0.25, 0.3) is 5.56 Å². The number of hydrogen-bond acceptors (Lipinski definition) is 5. The number of nitrogens with one attached hydrogen (secondary N) is 1. The number of hydrogen-bond donors (Lipinski definition) is 1. The summed E-state index contributed by atoms with van der Waals surface area (Å²) in [6.45, 7) is 7.99. The molecule has 1 N–H and O–H groups in total. The first-order valence-corrected chi connectivity index (χ1v) is 10.4. The molecule has 0 bridgehead atoms. The number of benzene rings is 1. The SMILES string of the molecule is CC(C)(C)OC(=O)NC1CCN(C[C@@H]2COc3c(F)ccc4ccc(=O)n2c34)CC1. The molecule has 1 aromatic carbocycles. The van der Waals surface area contributed by atoms with E-state index in [1.165, 1.54) is 12.1 Å². The Hall–Kier alpha value is -2.61. The maximum absolute atomic E-state index is 14.2. The summed E-state index contributed by atoms with van der Waals surface area (Å²) >= 11 is 0. The van der Waals surface area contributed by atoms with Crippen molar-refractivity contribution < 1.29 is 18.7 Å². The van der Waals surface area contributed by atoms with Gasteiger partial charge in [0.1, 0.15) is 12.2 Å². The van der Waals surface area contributed by atoms with E-state index in [0.717, 1.165) is 31.3 Å². The highest BCUT2D eigenvalue weighted by atomic mass is 19.1. The molecule has 0 spiro atoms. The number of piperidine rings is 1. The molecule has 1 amide bonds. The highest BCUT2D eigenvalue weighted by Crippen LogP contribution is 2.34. The third-order valence-electron chi connectivity index (χ3n) is 5.56. The van der Waals surface area contributed by atoms with Crippen LogP contribution >= 0.6 is 0 Å². The lowest BCUT2D eigenvalue weighted by molar-refractivity contribution is 0.0473. The Morgan fingerprint density at radius 3 is 2.63 bits per heavy atom. The number of carbonyl (C=O) groups is 1. The molecule has 30 heavy (non-hydrogen) atoms. The molecular formula is C22H28FN3O4. The fraction of sp³-hybridized carbons (Fsp3) is 0.545. The van der Waals surface area contributed by atoms with E-state index < -0.39 is 17.5 Å². The molecule has 2 aliphatic heterocycles. The van der Waals surface area contributed by atoms with Gasteiger partial charge in [-0.2, -0.15) is 0 Å². The molecule has 1 fully saturated rings. The topological polar surface area (TPSA) is 72.8 Å². The monoisotopic (exact) mass is 417 g/mol. The van der Waals surface area contributed by atoms with Crippen molar-refractivity contribution in [1.82, 2.24) is 14.8 Å². The Kier molecular flexibility index (Phi) is 5.44. The van der Waals surface area contributed by atoms with Gasteiger partial charge in [-0.25, -0.2) is 9.18 Å². The summed E-state index contributed by atoms with van der Waals surface area (Å²) in [6, 6.07) is 6.15. The Bertz CT molecular complexity index is 1010. The van der Waals surface area contributed by atoms with Crippen LogP contribution in [0.25, 0.3) is 10.9 Å². The third-order valence-corrected chi connectivity index (χ3v) is 5.56. The Morgan fingerprint density at radius 2 is 1.93 bits per heavy atom. The second-order valence-corrected chi connectivity index (χ2v) is 9.04. The van der Waals surface area contributed by atoms with Crippen LogP contribution in [-0.2, 0) is 4.74 Å². The standard InChI is InChI=1S/C22H28FN3O4/c1-22(2,3)30-21(28)24-15-8-10-25(11-9-15)12-16-13-29-20-17(23)6-4-14-5-7-18(27)26(16)19(14)20/h4-7,15-16H,8-13H2,1-3H3,(H,24,28)/t16-/m1/s1. The van der Waals surface area contributed by atoms with Gasteiger partial charge in [0.15, 0.2) is 11.6 Å². The lowest BCUT2D eigenvalue weighted by atomic mass is 10.0. The first kappa shape index (κ1) is 20.7. The zero-order valence-corrected chi connectivity index (χ0v) is 17.6. The van der Waals surface area contributed by atoms with Crippen molar-refractivity contribution in [1.29, 1.82) is 0 Å². The van der Waals surface area contributed by atoms with Crippen LogP contribution in [-0.4, -0.2) is 53.4 Å². The molecular weight excluding hydrogens is 389 g/mol. The van der Waals surface area contributed by atoms with E-state index in [1.54, 1.807) is 16.7 Å². The van der Waals surface area contributed by atoms with Crippen molar-refractivity contribution in [2.24, 2.45) is 0 Å². The number of alkyl carbamates (subject to hydrolysis) is 1. The van der Waals surface area contributed by atoms with E-state index in [2.05, 4.69) is 10.2 Å². The molecule has 162 valence electrons. The molecule has 0 aliphatic carbocycles. The lowest BCUT2D eigenvalue weighted by Crippen LogP contribution is -2.48. The Balaban J connectivity index is 1.42. The van der Waals surface area contributed by atoms with E-state index >= 15 is 0 Å². The number of pyridine rings is 1. The summed E-state index contributed by atoms with van der Waals surface area (Å²) in [5.74, 6) is -0.295. The van der Waals surface area contributed by atoms with Gasteiger partial charge in [0, 0.05) is 37.1 Å². The van der Waals surface area contributed by atoms with Crippen molar-refractivity contribution in [2.45, 2.75) is 51.3 Å². The average Bonchev–Trinajstić information content (AvgIpc) is 2.67. The van der Waals surface area contributed by atoms with Crippen LogP contribution < -0.4 is 15.6 Å². The first-order valence-electron chi connectivity index (χ1n) is 10.4. The zero-order valence-electron chi connectivity index (χ0n) is 17.6. The maximum atomic E-state index is 14.2. The van der Waals surface area contributed by atoms with Crippen LogP contribution in [0.5, 0.6) is 5.75 Å². The van der Waals surface area contributed by atoms with Crippen LogP contribution in [0.2, 0.25) is 0 Å². The predicted octanol–water partition coefficient (Wildman–Crippen LogP) is 3.06. The van der Waals surface area contributed by atoms with Gasteiger partial charge in [-0.3, -0.25) is 9.36 Å². The molecule has 2 aliphatic rings. The van der Waals surface area contributed by atoms with E-state index in [4.69, 9.17) is 9.47 Å². The zero-order chi connectivity index (χ0) is 21.5. The summed E-state index contributed by atoms with van der Waals surface area (Å²) < 4.78 is 26.9. The smallest absolute Gasteiger partial charge is 0.407 e. The fourth-order valence-electron chi connectivity index (χ4n) is 4.22. The number of nitrogens with zero attached hydrogens (tertiary/aromatic N) is 2. The number of ether oxygens (including phenoxy) is 2. The molecule has 0 unspecified atom stereocenters. The van der Waals surface area contributed by atoms with Crippen LogP contribution in [0.4, 0.5) is 9.18 Å². The third kappa shape index (κ3) is 4.28. The minimum Gasteiger partial charge on any atom is -0.486 e. The van der Waals surface area contributed by atoms with Gasteiger partial charge >= 0.3 is 6.09 Å². The number of rotatable bonds is 3. The minimum absolute atomic E-state index is 0.0692.